The van der Waals surface area contributed by atoms with Crippen molar-refractivity contribution in [1.29, 1.82) is 0 Å². The largest absolute Gasteiger partial charge is 0.378 e. The SMILES string of the molecule is CC(C)NC(=S)Nc1nc(N2CCOCC2)cc(N2CCc3ccccc3C2)n1. The Morgan fingerprint density at radius 1 is 1.03 bits per heavy atom. The smallest absolute Gasteiger partial charge is 0.232 e. The van der Waals surface area contributed by atoms with E-state index in [0.29, 0.717) is 24.3 Å². The Kier molecular flexibility index (Phi) is 6.10. The molecule has 0 aliphatic carbocycles. The minimum atomic E-state index is 0.246. The second-order valence-corrected chi connectivity index (χ2v) is 8.11. The van der Waals surface area contributed by atoms with Crippen molar-refractivity contribution in [2.75, 3.05) is 48.0 Å². The molecule has 0 unspecified atom stereocenters. The van der Waals surface area contributed by atoms with Gasteiger partial charge in [-0.2, -0.15) is 9.97 Å². The summed E-state index contributed by atoms with van der Waals surface area (Å²) in [6.45, 7) is 8.97. The van der Waals surface area contributed by atoms with Crippen LogP contribution in [0.2, 0.25) is 0 Å². The monoisotopic (exact) mass is 412 g/mol. The van der Waals surface area contributed by atoms with Crippen molar-refractivity contribution in [1.82, 2.24) is 15.3 Å². The van der Waals surface area contributed by atoms with Crippen LogP contribution in [0.1, 0.15) is 25.0 Å². The molecule has 2 aliphatic heterocycles. The van der Waals surface area contributed by atoms with E-state index >= 15 is 0 Å². The number of morpholine rings is 1. The maximum absolute atomic E-state index is 5.50. The summed E-state index contributed by atoms with van der Waals surface area (Å²) in [5, 5.41) is 6.90. The number of rotatable bonds is 4. The van der Waals surface area contributed by atoms with Crippen molar-refractivity contribution in [3.8, 4) is 0 Å². The molecule has 0 amide bonds. The van der Waals surface area contributed by atoms with Crippen LogP contribution >= 0.6 is 12.2 Å². The van der Waals surface area contributed by atoms with E-state index in [2.05, 4.69) is 64.6 Å². The van der Waals surface area contributed by atoms with Crippen LogP contribution in [0.4, 0.5) is 17.6 Å². The molecule has 1 aromatic heterocycles. The van der Waals surface area contributed by atoms with Crippen LogP contribution in [-0.4, -0.2) is 54.0 Å². The van der Waals surface area contributed by atoms with Crippen LogP contribution in [0, 0.1) is 0 Å². The molecule has 0 spiro atoms. The summed E-state index contributed by atoms with van der Waals surface area (Å²) in [5.74, 6) is 2.36. The van der Waals surface area contributed by atoms with Gasteiger partial charge in [0.15, 0.2) is 5.11 Å². The van der Waals surface area contributed by atoms with E-state index in [1.807, 2.05) is 0 Å². The van der Waals surface area contributed by atoms with Gasteiger partial charge >= 0.3 is 0 Å². The van der Waals surface area contributed by atoms with E-state index in [-0.39, 0.29) is 6.04 Å². The van der Waals surface area contributed by atoms with Gasteiger partial charge in [-0.3, -0.25) is 0 Å². The third-order valence-corrected chi connectivity index (χ3v) is 5.35. The molecule has 2 N–H and O–H groups in total. The number of fused-ring (bicyclic) bond motifs is 1. The normalized spacial score (nSPS) is 16.5. The molecule has 7 nitrogen and oxygen atoms in total. The van der Waals surface area contributed by atoms with Crippen LogP contribution in [0.5, 0.6) is 0 Å². The highest BCUT2D eigenvalue weighted by Gasteiger charge is 2.21. The standard InChI is InChI=1S/C21H28N6OS/c1-15(2)22-21(29)25-20-23-18(26-9-11-28-12-10-26)13-19(24-20)27-8-7-16-5-3-4-6-17(16)14-27/h3-6,13,15H,7-12,14H2,1-2H3,(H2,22,23,24,25,29). The number of hydrogen-bond acceptors (Lipinski definition) is 6. The molecule has 8 heteroatoms. The number of thiocarbonyl (C=S) groups is 1. The van der Waals surface area contributed by atoms with E-state index in [4.69, 9.17) is 26.9 Å². The molecular formula is C21H28N6OS. The highest BCUT2D eigenvalue weighted by atomic mass is 32.1. The number of hydrogen-bond donors (Lipinski definition) is 2. The topological polar surface area (TPSA) is 65.6 Å². The zero-order valence-electron chi connectivity index (χ0n) is 17.0. The Morgan fingerprint density at radius 3 is 2.45 bits per heavy atom. The van der Waals surface area contributed by atoms with E-state index in [1.54, 1.807) is 0 Å². The Hall–Kier alpha value is -2.45. The first-order valence-corrected chi connectivity index (χ1v) is 10.6. The fourth-order valence-corrected chi connectivity index (χ4v) is 4.01. The van der Waals surface area contributed by atoms with Crippen molar-refractivity contribution in [2.24, 2.45) is 0 Å². The van der Waals surface area contributed by atoms with Gasteiger partial charge in [0.05, 0.1) is 13.2 Å². The minimum absolute atomic E-state index is 0.246. The molecule has 29 heavy (non-hydrogen) atoms. The number of aromatic nitrogens is 2. The maximum atomic E-state index is 5.50. The molecule has 0 atom stereocenters. The van der Waals surface area contributed by atoms with Gasteiger partial charge in [0.1, 0.15) is 11.6 Å². The molecule has 4 rings (SSSR count). The van der Waals surface area contributed by atoms with Crippen molar-refractivity contribution in [3.63, 3.8) is 0 Å². The predicted molar refractivity (Wildman–Crippen MR) is 121 cm³/mol. The lowest BCUT2D eigenvalue weighted by molar-refractivity contribution is 0.122. The minimum Gasteiger partial charge on any atom is -0.378 e. The predicted octanol–water partition coefficient (Wildman–Crippen LogP) is 2.57. The number of nitrogens with zero attached hydrogens (tertiary/aromatic N) is 4. The second kappa shape index (κ2) is 8.92. The third kappa shape index (κ3) is 4.94. The van der Waals surface area contributed by atoms with Crippen LogP contribution in [0.3, 0.4) is 0 Å². The van der Waals surface area contributed by atoms with Gasteiger partial charge < -0.3 is 25.2 Å². The fraction of sp³-hybridized carbons (Fsp3) is 0.476. The van der Waals surface area contributed by atoms with Crippen LogP contribution < -0.4 is 20.4 Å². The molecule has 1 fully saturated rings. The van der Waals surface area contributed by atoms with Crippen LogP contribution in [0.25, 0.3) is 0 Å². The number of nitrogens with one attached hydrogen (secondary N) is 2. The van der Waals surface area contributed by atoms with Crippen molar-refractivity contribution < 1.29 is 4.74 Å². The lowest BCUT2D eigenvalue weighted by atomic mass is 10.00. The average Bonchev–Trinajstić information content (AvgIpc) is 2.73. The highest BCUT2D eigenvalue weighted by Crippen LogP contribution is 2.27. The van der Waals surface area contributed by atoms with Gasteiger partial charge in [-0.15, -0.1) is 0 Å². The van der Waals surface area contributed by atoms with Gasteiger partial charge in [0, 0.05) is 38.3 Å². The molecule has 2 aliphatic rings. The Bertz CT molecular complexity index is 868. The molecule has 0 bridgehead atoms. The number of benzene rings is 1. The molecule has 1 aromatic carbocycles. The van der Waals surface area contributed by atoms with E-state index in [9.17, 15) is 0 Å². The van der Waals surface area contributed by atoms with Gasteiger partial charge in [-0.05, 0) is 43.6 Å². The first-order chi connectivity index (χ1) is 14.1. The zero-order valence-corrected chi connectivity index (χ0v) is 17.8. The average molecular weight is 413 g/mol. The molecule has 1 saturated heterocycles. The summed E-state index contributed by atoms with van der Waals surface area (Å²) in [5.41, 5.74) is 2.78. The lowest BCUT2D eigenvalue weighted by Gasteiger charge is -2.32. The summed E-state index contributed by atoms with van der Waals surface area (Å²) in [6.07, 6.45) is 1.02. The van der Waals surface area contributed by atoms with E-state index < -0.39 is 0 Å². The number of anilines is 3. The molecule has 154 valence electrons. The summed E-state index contributed by atoms with van der Waals surface area (Å²) < 4.78 is 5.50. The molecule has 0 radical (unpaired) electrons. The van der Waals surface area contributed by atoms with Crippen molar-refractivity contribution in [2.45, 2.75) is 32.9 Å². The zero-order chi connectivity index (χ0) is 20.2. The maximum Gasteiger partial charge on any atom is 0.232 e. The Labute approximate surface area is 177 Å². The Morgan fingerprint density at radius 2 is 1.72 bits per heavy atom. The van der Waals surface area contributed by atoms with Crippen molar-refractivity contribution in [3.05, 3.63) is 41.5 Å². The quantitative estimate of drug-likeness (QED) is 0.743. The van der Waals surface area contributed by atoms with Gasteiger partial charge in [-0.25, -0.2) is 0 Å². The summed E-state index contributed by atoms with van der Waals surface area (Å²) in [6, 6.07) is 11.0. The fourth-order valence-electron chi connectivity index (χ4n) is 3.69. The summed E-state index contributed by atoms with van der Waals surface area (Å²) in [7, 11) is 0. The molecular weight excluding hydrogens is 384 g/mol. The van der Waals surface area contributed by atoms with Gasteiger partial charge in [0.25, 0.3) is 0 Å². The van der Waals surface area contributed by atoms with Gasteiger partial charge in [-0.1, -0.05) is 24.3 Å². The van der Waals surface area contributed by atoms with E-state index in [0.717, 1.165) is 44.2 Å². The number of ether oxygens (including phenoxy) is 1. The molecule has 0 saturated carbocycles. The highest BCUT2D eigenvalue weighted by molar-refractivity contribution is 7.80. The van der Waals surface area contributed by atoms with Crippen LogP contribution in [0.15, 0.2) is 30.3 Å². The summed E-state index contributed by atoms with van der Waals surface area (Å²) >= 11 is 5.41. The third-order valence-electron chi connectivity index (χ3n) is 5.13. The first kappa shape index (κ1) is 19.8. The van der Waals surface area contributed by atoms with E-state index in [1.165, 1.54) is 11.1 Å². The lowest BCUT2D eigenvalue weighted by Crippen LogP contribution is -2.38. The Balaban J connectivity index is 1.61. The molecule has 2 aromatic rings. The first-order valence-electron chi connectivity index (χ1n) is 10.2. The molecule has 3 heterocycles. The van der Waals surface area contributed by atoms with Crippen molar-refractivity contribution >= 4 is 34.9 Å². The summed E-state index contributed by atoms with van der Waals surface area (Å²) in [4.78, 5) is 14.1. The van der Waals surface area contributed by atoms with Gasteiger partial charge in [0.2, 0.25) is 5.95 Å². The van der Waals surface area contributed by atoms with Crippen LogP contribution in [-0.2, 0) is 17.7 Å². The second-order valence-electron chi connectivity index (χ2n) is 7.70.